The zero-order valence-electron chi connectivity index (χ0n) is 20.5. The number of hydrogen-bond acceptors (Lipinski definition) is 6. The third-order valence-electron chi connectivity index (χ3n) is 5.80. The van der Waals surface area contributed by atoms with Gasteiger partial charge >= 0.3 is 0 Å². The van der Waals surface area contributed by atoms with Gasteiger partial charge in [0.25, 0.3) is 11.6 Å². The Morgan fingerprint density at radius 1 is 1.11 bits per heavy atom. The molecule has 2 aromatic heterocycles. The molecule has 186 valence electrons. The van der Waals surface area contributed by atoms with Gasteiger partial charge in [-0.25, -0.2) is 4.68 Å². The summed E-state index contributed by atoms with van der Waals surface area (Å²) in [6, 6.07) is 9.63. The predicted octanol–water partition coefficient (Wildman–Crippen LogP) is 5.84. The molecule has 4 rings (SSSR count). The summed E-state index contributed by atoms with van der Waals surface area (Å²) in [7, 11) is 0. The minimum Gasteiger partial charge on any atom is -0.457 e. The average Bonchev–Trinajstić information content (AvgIpc) is 3.37. The van der Waals surface area contributed by atoms with Gasteiger partial charge in [-0.3, -0.25) is 19.6 Å². The Labute approximate surface area is 216 Å². The highest BCUT2D eigenvalue weighted by Crippen LogP contribution is 2.33. The first-order valence-corrected chi connectivity index (χ1v) is 11.9. The molecule has 0 bridgehead atoms. The van der Waals surface area contributed by atoms with Crippen LogP contribution < -0.4 is 10.1 Å². The number of nitro groups is 1. The van der Waals surface area contributed by atoms with E-state index in [0.29, 0.717) is 12.4 Å². The van der Waals surface area contributed by atoms with Gasteiger partial charge in [0.15, 0.2) is 5.69 Å². The number of amides is 1. The van der Waals surface area contributed by atoms with Crippen molar-refractivity contribution in [3.8, 4) is 11.5 Å². The summed E-state index contributed by atoms with van der Waals surface area (Å²) in [5, 5.41) is 23.0. The predicted molar refractivity (Wildman–Crippen MR) is 139 cm³/mol. The van der Waals surface area contributed by atoms with E-state index in [2.05, 4.69) is 31.4 Å². The molecule has 10 nitrogen and oxygen atoms in total. The number of nitrogens with one attached hydrogen (secondary N) is 1. The second-order valence-electron chi connectivity index (χ2n) is 8.60. The SMILES string of the molecule is Cc1cc(C)c(C)c(Oc2cc(NC(=O)c3ccn(Cn4nc(C)c(Br)c4C)n3)cc([N+](=O)[O-])c2)c1. The number of nitrogens with zero attached hydrogens (tertiary/aromatic N) is 5. The van der Waals surface area contributed by atoms with E-state index in [0.717, 1.165) is 32.6 Å². The lowest BCUT2D eigenvalue weighted by molar-refractivity contribution is -0.384. The molecule has 0 aliphatic carbocycles. The van der Waals surface area contributed by atoms with Gasteiger partial charge in [-0.2, -0.15) is 10.2 Å². The minimum absolute atomic E-state index is 0.162. The van der Waals surface area contributed by atoms with Crippen LogP contribution in [-0.4, -0.2) is 30.4 Å². The number of hydrogen-bond donors (Lipinski definition) is 1. The quantitative estimate of drug-likeness (QED) is 0.227. The Balaban J connectivity index is 1.55. The number of aromatic nitrogens is 4. The van der Waals surface area contributed by atoms with E-state index < -0.39 is 10.8 Å². The van der Waals surface area contributed by atoms with Gasteiger partial charge in [-0.05, 0) is 79.4 Å². The molecule has 2 heterocycles. The summed E-state index contributed by atoms with van der Waals surface area (Å²) in [6.45, 7) is 10.0. The highest BCUT2D eigenvalue weighted by molar-refractivity contribution is 9.10. The summed E-state index contributed by atoms with van der Waals surface area (Å²) in [4.78, 5) is 23.9. The van der Waals surface area contributed by atoms with Crippen LogP contribution in [0.25, 0.3) is 0 Å². The van der Waals surface area contributed by atoms with E-state index in [4.69, 9.17) is 4.74 Å². The lowest BCUT2D eigenvalue weighted by Gasteiger charge is -2.13. The smallest absolute Gasteiger partial charge is 0.276 e. The Morgan fingerprint density at radius 2 is 1.86 bits per heavy atom. The summed E-state index contributed by atoms with van der Waals surface area (Å²) in [6.07, 6.45) is 1.67. The molecular formula is C25H25BrN6O4. The number of ether oxygens (including phenoxy) is 1. The van der Waals surface area contributed by atoms with Gasteiger partial charge < -0.3 is 10.1 Å². The van der Waals surface area contributed by atoms with Crippen molar-refractivity contribution in [2.75, 3.05) is 5.32 Å². The fourth-order valence-electron chi connectivity index (χ4n) is 3.76. The fraction of sp³-hybridized carbons (Fsp3) is 0.240. The van der Waals surface area contributed by atoms with Crippen molar-refractivity contribution in [1.82, 2.24) is 19.6 Å². The Hall–Kier alpha value is -3.99. The molecule has 0 radical (unpaired) electrons. The fourth-order valence-corrected chi connectivity index (χ4v) is 4.04. The summed E-state index contributed by atoms with van der Waals surface area (Å²) >= 11 is 3.50. The molecule has 2 aromatic carbocycles. The van der Waals surface area contributed by atoms with E-state index >= 15 is 0 Å². The molecule has 4 aromatic rings. The van der Waals surface area contributed by atoms with Gasteiger partial charge in [0.1, 0.15) is 18.2 Å². The van der Waals surface area contributed by atoms with Gasteiger partial charge in [0.05, 0.1) is 32.5 Å². The van der Waals surface area contributed by atoms with Crippen molar-refractivity contribution >= 4 is 33.2 Å². The van der Waals surface area contributed by atoms with Gasteiger partial charge in [0.2, 0.25) is 0 Å². The summed E-state index contributed by atoms with van der Waals surface area (Å²) in [5.41, 5.74) is 4.97. The van der Waals surface area contributed by atoms with Crippen LogP contribution in [-0.2, 0) is 6.67 Å². The van der Waals surface area contributed by atoms with Crippen LogP contribution in [0, 0.1) is 44.7 Å². The molecule has 0 unspecified atom stereocenters. The number of nitro benzene ring substituents is 1. The largest absolute Gasteiger partial charge is 0.457 e. The minimum atomic E-state index is -0.530. The third kappa shape index (κ3) is 5.30. The van der Waals surface area contributed by atoms with Crippen LogP contribution in [0.4, 0.5) is 11.4 Å². The maximum atomic E-state index is 12.9. The van der Waals surface area contributed by atoms with Crippen LogP contribution in [0.1, 0.15) is 38.6 Å². The molecule has 0 fully saturated rings. The number of carbonyl (C=O) groups excluding carboxylic acids is 1. The highest BCUT2D eigenvalue weighted by atomic mass is 79.9. The maximum Gasteiger partial charge on any atom is 0.276 e. The molecule has 0 aliphatic heterocycles. The van der Waals surface area contributed by atoms with Crippen LogP contribution in [0.15, 0.2) is 47.1 Å². The number of aryl methyl sites for hydroxylation is 3. The molecule has 0 atom stereocenters. The van der Waals surface area contributed by atoms with Crippen LogP contribution in [0.5, 0.6) is 11.5 Å². The van der Waals surface area contributed by atoms with Crippen molar-refractivity contribution in [3.05, 3.63) is 91.0 Å². The van der Waals surface area contributed by atoms with Crippen LogP contribution in [0.3, 0.4) is 0 Å². The monoisotopic (exact) mass is 552 g/mol. The molecule has 0 aliphatic rings. The van der Waals surface area contributed by atoms with Crippen molar-refractivity contribution in [1.29, 1.82) is 0 Å². The average molecular weight is 553 g/mol. The second-order valence-corrected chi connectivity index (χ2v) is 9.39. The number of anilines is 1. The van der Waals surface area contributed by atoms with Crippen molar-refractivity contribution in [2.24, 2.45) is 0 Å². The van der Waals surface area contributed by atoms with Gasteiger partial charge in [0, 0.05) is 18.3 Å². The molecule has 1 N–H and O–H groups in total. The molecule has 0 saturated carbocycles. The highest BCUT2D eigenvalue weighted by Gasteiger charge is 2.17. The molecule has 11 heteroatoms. The Bertz CT molecular complexity index is 1490. The van der Waals surface area contributed by atoms with E-state index in [9.17, 15) is 14.9 Å². The van der Waals surface area contributed by atoms with Crippen molar-refractivity contribution in [3.63, 3.8) is 0 Å². The molecular weight excluding hydrogens is 528 g/mol. The number of non-ortho nitro benzene ring substituents is 1. The lowest BCUT2D eigenvalue weighted by atomic mass is 10.1. The topological polar surface area (TPSA) is 117 Å². The van der Waals surface area contributed by atoms with E-state index in [1.54, 1.807) is 27.7 Å². The van der Waals surface area contributed by atoms with E-state index in [-0.39, 0.29) is 22.8 Å². The van der Waals surface area contributed by atoms with Gasteiger partial charge in [-0.1, -0.05) is 6.07 Å². The van der Waals surface area contributed by atoms with Gasteiger partial charge in [-0.15, -0.1) is 0 Å². The zero-order valence-corrected chi connectivity index (χ0v) is 22.1. The maximum absolute atomic E-state index is 12.9. The number of benzene rings is 2. The number of rotatable bonds is 7. The first-order chi connectivity index (χ1) is 17.0. The third-order valence-corrected chi connectivity index (χ3v) is 6.94. The Kier molecular flexibility index (Phi) is 6.93. The molecule has 0 spiro atoms. The molecule has 1 amide bonds. The van der Waals surface area contributed by atoms with Crippen molar-refractivity contribution < 1.29 is 14.5 Å². The van der Waals surface area contributed by atoms with E-state index in [1.165, 1.54) is 12.1 Å². The van der Waals surface area contributed by atoms with Crippen LogP contribution >= 0.6 is 15.9 Å². The first-order valence-electron chi connectivity index (χ1n) is 11.1. The molecule has 36 heavy (non-hydrogen) atoms. The summed E-state index contributed by atoms with van der Waals surface area (Å²) in [5.74, 6) is 0.338. The standard InChI is InChI=1S/C25H25BrN6O4/c1-14-8-15(2)16(3)23(9-14)36-21-11-19(10-20(12-21)32(34)35)27-25(33)22-6-7-30(29-22)13-31-18(5)24(26)17(4)28-31/h6-12H,13H2,1-5H3,(H,27,33). The lowest BCUT2D eigenvalue weighted by Crippen LogP contribution is -2.16. The Morgan fingerprint density at radius 3 is 2.53 bits per heavy atom. The van der Waals surface area contributed by atoms with Crippen LogP contribution in [0.2, 0.25) is 0 Å². The normalized spacial score (nSPS) is 10.9. The number of carbonyl (C=O) groups is 1. The second kappa shape index (κ2) is 9.94. The molecule has 0 saturated heterocycles. The zero-order chi connectivity index (χ0) is 26.1. The first kappa shape index (κ1) is 25.1. The van der Waals surface area contributed by atoms with Crippen molar-refractivity contribution in [2.45, 2.75) is 41.3 Å². The summed E-state index contributed by atoms with van der Waals surface area (Å²) < 4.78 is 10.3. The van der Waals surface area contributed by atoms with E-state index in [1.807, 2.05) is 46.8 Å². The number of halogens is 1.